The molecule has 1 saturated heterocycles. The summed E-state index contributed by atoms with van der Waals surface area (Å²) in [6.45, 7) is 0. The second-order valence-electron chi connectivity index (χ2n) is 3.66. The molecule has 1 aromatic rings. The maximum atomic E-state index is 11.8. The van der Waals surface area contributed by atoms with Gasteiger partial charge in [0.1, 0.15) is 18.1 Å². The third-order valence-corrected chi connectivity index (χ3v) is 2.83. The molecule has 0 spiro atoms. The summed E-state index contributed by atoms with van der Waals surface area (Å²) in [5.74, 6) is 0.330. The summed E-state index contributed by atoms with van der Waals surface area (Å²) in [5.41, 5.74) is 0.588. The highest BCUT2D eigenvalue weighted by molar-refractivity contribution is 6.10. The number of hydrogen-bond donors (Lipinski definition) is 0. The van der Waals surface area contributed by atoms with Crippen molar-refractivity contribution in [2.24, 2.45) is 0 Å². The number of nitrogens with zero attached hydrogens (tertiary/aromatic N) is 1. The van der Waals surface area contributed by atoms with Crippen molar-refractivity contribution in [1.82, 2.24) is 0 Å². The Morgan fingerprint density at radius 2 is 2.00 bits per heavy atom. The van der Waals surface area contributed by atoms with E-state index in [9.17, 15) is 9.59 Å². The first-order chi connectivity index (χ1) is 8.24. The van der Waals surface area contributed by atoms with Crippen LogP contribution in [0.2, 0.25) is 0 Å². The zero-order valence-corrected chi connectivity index (χ0v) is 9.62. The van der Waals surface area contributed by atoms with E-state index in [1.165, 1.54) is 19.1 Å². The number of rotatable bonds is 4. The Balaban J connectivity index is 2.34. The molecule has 2 atom stereocenters. The fraction of sp³-hybridized carbons (Fsp3) is 0.333. The smallest absolute Gasteiger partial charge is 0.259 e. The second-order valence-corrected chi connectivity index (χ2v) is 3.66. The molecule has 0 unspecified atom stereocenters. The lowest BCUT2D eigenvalue weighted by molar-refractivity contribution is -0.142. The van der Waals surface area contributed by atoms with Gasteiger partial charge in [0.15, 0.2) is 6.10 Å². The highest BCUT2D eigenvalue weighted by Gasteiger charge is 2.49. The molecule has 5 heteroatoms. The van der Waals surface area contributed by atoms with Crippen LogP contribution in [0.25, 0.3) is 0 Å². The molecule has 1 heterocycles. The van der Waals surface area contributed by atoms with Crippen molar-refractivity contribution >= 4 is 17.9 Å². The number of carbonyl (C=O) groups excluding carboxylic acids is 2. The normalized spacial score (nSPS) is 23.2. The molecule has 0 radical (unpaired) electrons. The number of para-hydroxylation sites is 2. The van der Waals surface area contributed by atoms with Crippen LogP contribution >= 0.6 is 0 Å². The minimum absolute atomic E-state index is 0.228. The maximum Gasteiger partial charge on any atom is 0.259 e. The Kier molecular flexibility index (Phi) is 3.10. The zero-order chi connectivity index (χ0) is 12.4. The van der Waals surface area contributed by atoms with Gasteiger partial charge >= 0.3 is 0 Å². The fourth-order valence-corrected chi connectivity index (χ4v) is 1.96. The van der Waals surface area contributed by atoms with E-state index in [1.807, 2.05) is 0 Å². The van der Waals surface area contributed by atoms with Gasteiger partial charge in [-0.15, -0.1) is 0 Å². The lowest BCUT2D eigenvalue weighted by Crippen LogP contribution is -2.66. The molecule has 1 fully saturated rings. The average molecular weight is 235 g/mol. The van der Waals surface area contributed by atoms with E-state index in [2.05, 4.69) is 0 Å². The Labute approximate surface area is 98.9 Å². The fourth-order valence-electron chi connectivity index (χ4n) is 1.96. The molecule has 90 valence electrons. The van der Waals surface area contributed by atoms with Crippen molar-refractivity contribution in [3.63, 3.8) is 0 Å². The van der Waals surface area contributed by atoms with Crippen molar-refractivity contribution < 1.29 is 19.1 Å². The summed E-state index contributed by atoms with van der Waals surface area (Å²) in [5, 5.41) is 0. The minimum atomic E-state index is -0.683. The van der Waals surface area contributed by atoms with Crippen LogP contribution in [-0.2, 0) is 14.3 Å². The number of aldehydes is 1. The van der Waals surface area contributed by atoms with E-state index >= 15 is 0 Å². The number of ether oxygens (including phenoxy) is 2. The maximum absolute atomic E-state index is 11.8. The minimum Gasteiger partial charge on any atom is -0.495 e. The predicted molar refractivity (Wildman–Crippen MR) is 61.1 cm³/mol. The molecule has 0 aromatic heterocycles. The first kappa shape index (κ1) is 11.6. The van der Waals surface area contributed by atoms with E-state index < -0.39 is 12.1 Å². The number of amides is 1. The van der Waals surface area contributed by atoms with Gasteiger partial charge in [-0.05, 0) is 12.1 Å². The number of benzene rings is 1. The second kappa shape index (κ2) is 4.55. The van der Waals surface area contributed by atoms with E-state index in [0.29, 0.717) is 17.7 Å². The number of β-lactam (4-membered cyclic amide) rings is 1. The SMILES string of the molecule is COc1ccccc1N1C(=O)[C@H](OC)[C@@H]1C=O. The van der Waals surface area contributed by atoms with Crippen LogP contribution in [0.4, 0.5) is 5.69 Å². The summed E-state index contributed by atoms with van der Waals surface area (Å²) < 4.78 is 10.1. The largest absolute Gasteiger partial charge is 0.495 e. The predicted octanol–water partition coefficient (Wildman–Crippen LogP) is 0.624. The van der Waals surface area contributed by atoms with Gasteiger partial charge in [0.05, 0.1) is 12.8 Å². The van der Waals surface area contributed by atoms with Crippen LogP contribution in [0.1, 0.15) is 0 Å². The molecular weight excluding hydrogens is 222 g/mol. The molecule has 5 nitrogen and oxygen atoms in total. The third-order valence-electron chi connectivity index (χ3n) is 2.83. The number of carbonyl (C=O) groups is 2. The molecule has 1 aromatic carbocycles. The summed E-state index contributed by atoms with van der Waals surface area (Å²) in [6.07, 6.45) is 0.0274. The molecule has 1 amide bonds. The Hall–Kier alpha value is -1.88. The lowest BCUT2D eigenvalue weighted by Gasteiger charge is -2.43. The molecule has 1 aliphatic rings. The van der Waals surface area contributed by atoms with Crippen LogP contribution in [-0.4, -0.2) is 38.6 Å². The van der Waals surface area contributed by atoms with E-state index in [0.717, 1.165) is 0 Å². The van der Waals surface area contributed by atoms with Gasteiger partial charge in [0, 0.05) is 7.11 Å². The first-order valence-corrected chi connectivity index (χ1v) is 5.18. The molecule has 1 aliphatic heterocycles. The number of methoxy groups -OCH3 is 2. The quantitative estimate of drug-likeness (QED) is 0.567. The molecule has 17 heavy (non-hydrogen) atoms. The average Bonchev–Trinajstić information content (AvgIpc) is 2.36. The number of hydrogen-bond acceptors (Lipinski definition) is 4. The van der Waals surface area contributed by atoms with Gasteiger partial charge in [-0.2, -0.15) is 0 Å². The van der Waals surface area contributed by atoms with Gasteiger partial charge in [-0.1, -0.05) is 12.1 Å². The van der Waals surface area contributed by atoms with Gasteiger partial charge in [-0.25, -0.2) is 0 Å². The molecule has 0 N–H and O–H groups in total. The van der Waals surface area contributed by atoms with Crippen LogP contribution in [0.15, 0.2) is 24.3 Å². The van der Waals surface area contributed by atoms with E-state index in [-0.39, 0.29) is 5.91 Å². The summed E-state index contributed by atoms with van der Waals surface area (Å²) in [7, 11) is 2.94. The monoisotopic (exact) mass is 235 g/mol. The van der Waals surface area contributed by atoms with E-state index in [4.69, 9.17) is 9.47 Å². The summed E-state index contributed by atoms with van der Waals surface area (Å²) in [6, 6.07) is 6.48. The summed E-state index contributed by atoms with van der Waals surface area (Å²) in [4.78, 5) is 24.2. The van der Waals surface area contributed by atoms with Gasteiger partial charge in [-0.3, -0.25) is 9.69 Å². The van der Waals surface area contributed by atoms with Crippen molar-refractivity contribution in [3.05, 3.63) is 24.3 Å². The topological polar surface area (TPSA) is 55.8 Å². The standard InChI is InChI=1S/C12H13NO4/c1-16-10-6-4-3-5-8(10)13-9(7-14)11(17-2)12(13)15/h3-7,9,11H,1-2H3/t9-,11+/m0/s1. The lowest BCUT2D eigenvalue weighted by atomic mass is 9.98. The molecule has 2 rings (SSSR count). The molecule has 0 aliphatic carbocycles. The highest BCUT2D eigenvalue weighted by Crippen LogP contribution is 2.35. The van der Waals surface area contributed by atoms with Crippen molar-refractivity contribution in [3.8, 4) is 5.75 Å². The molecule has 0 saturated carbocycles. The van der Waals surface area contributed by atoms with Crippen molar-refractivity contribution in [1.29, 1.82) is 0 Å². The Morgan fingerprint density at radius 3 is 2.59 bits per heavy atom. The Morgan fingerprint density at radius 1 is 1.29 bits per heavy atom. The van der Waals surface area contributed by atoms with Crippen LogP contribution < -0.4 is 9.64 Å². The highest BCUT2D eigenvalue weighted by atomic mass is 16.5. The van der Waals surface area contributed by atoms with Crippen LogP contribution in [0, 0.1) is 0 Å². The summed E-state index contributed by atoms with van der Waals surface area (Å²) >= 11 is 0. The molecule has 0 bridgehead atoms. The van der Waals surface area contributed by atoms with Gasteiger partial charge in [0.25, 0.3) is 5.91 Å². The van der Waals surface area contributed by atoms with Crippen LogP contribution in [0.5, 0.6) is 5.75 Å². The van der Waals surface area contributed by atoms with E-state index in [1.54, 1.807) is 24.3 Å². The van der Waals surface area contributed by atoms with Crippen LogP contribution in [0.3, 0.4) is 0 Å². The van der Waals surface area contributed by atoms with Crippen molar-refractivity contribution in [2.45, 2.75) is 12.1 Å². The van der Waals surface area contributed by atoms with Gasteiger partial charge in [0.2, 0.25) is 0 Å². The van der Waals surface area contributed by atoms with Gasteiger partial charge < -0.3 is 14.3 Å². The number of anilines is 1. The Bertz CT molecular complexity index is 446. The first-order valence-electron chi connectivity index (χ1n) is 5.18. The zero-order valence-electron chi connectivity index (χ0n) is 9.62. The third kappa shape index (κ3) is 1.68. The molecular formula is C12H13NO4. The van der Waals surface area contributed by atoms with Crippen molar-refractivity contribution in [2.75, 3.05) is 19.1 Å².